The van der Waals surface area contributed by atoms with E-state index in [0.29, 0.717) is 12.7 Å². The van der Waals surface area contributed by atoms with Gasteiger partial charge in [-0.15, -0.1) is 0 Å². The molecule has 2 rings (SSSR count). The maximum absolute atomic E-state index is 13.3. The fraction of sp³-hybridized carbons (Fsp3) is 0.480. The maximum atomic E-state index is 13.3. The third-order valence-electron chi connectivity index (χ3n) is 6.15. The molecule has 0 fully saturated rings. The molecule has 5 atom stereocenters. The Morgan fingerprint density at radius 1 is 1.05 bits per heavy atom. The summed E-state index contributed by atoms with van der Waals surface area (Å²) >= 11 is 0. The largest absolute Gasteiger partial charge is 0.391 e. The van der Waals surface area contributed by atoms with Crippen molar-refractivity contribution in [1.82, 2.24) is 26.3 Å². The highest BCUT2D eigenvalue weighted by Gasteiger charge is 2.31. The summed E-state index contributed by atoms with van der Waals surface area (Å²) < 4.78 is 0. The van der Waals surface area contributed by atoms with E-state index in [-0.39, 0.29) is 25.4 Å². The predicted octanol–water partition coefficient (Wildman–Crippen LogP) is -1.13. The van der Waals surface area contributed by atoms with E-state index in [1.54, 1.807) is 13.1 Å². The molecule has 37 heavy (non-hydrogen) atoms. The lowest BCUT2D eigenvalue weighted by atomic mass is 9.97. The van der Waals surface area contributed by atoms with E-state index in [1.165, 1.54) is 6.92 Å². The van der Waals surface area contributed by atoms with Gasteiger partial charge in [0.1, 0.15) is 24.4 Å². The quantitative estimate of drug-likeness (QED) is 0.154. The van der Waals surface area contributed by atoms with Crippen molar-refractivity contribution in [2.75, 3.05) is 13.1 Å². The summed E-state index contributed by atoms with van der Waals surface area (Å²) in [6.07, 6.45) is 1.65. The molecule has 0 saturated heterocycles. The molecule has 0 saturated carbocycles. The van der Waals surface area contributed by atoms with Crippen LogP contribution >= 0.6 is 0 Å². The number of aromatic amines is 1. The zero-order chi connectivity index (χ0) is 27.5. The van der Waals surface area contributed by atoms with Gasteiger partial charge in [-0.3, -0.25) is 19.2 Å². The molecule has 8 N–H and O–H groups in total. The molecule has 0 unspecified atom stereocenters. The minimum Gasteiger partial charge on any atom is -0.391 e. The van der Waals surface area contributed by atoms with Crippen molar-refractivity contribution in [2.24, 2.45) is 11.7 Å². The first-order chi connectivity index (χ1) is 17.6. The van der Waals surface area contributed by atoms with Gasteiger partial charge in [0.05, 0.1) is 19.2 Å². The molecular weight excluding hydrogens is 480 g/mol. The van der Waals surface area contributed by atoms with Crippen LogP contribution in [0.3, 0.4) is 0 Å². The van der Waals surface area contributed by atoms with Crippen molar-refractivity contribution in [2.45, 2.75) is 57.8 Å². The summed E-state index contributed by atoms with van der Waals surface area (Å²) in [6.45, 7) is 4.35. The van der Waals surface area contributed by atoms with Crippen molar-refractivity contribution in [1.29, 1.82) is 0 Å². The van der Waals surface area contributed by atoms with Gasteiger partial charge < -0.3 is 41.9 Å². The molecule has 4 amide bonds. The van der Waals surface area contributed by atoms with Crippen LogP contribution in [0.5, 0.6) is 0 Å². The van der Waals surface area contributed by atoms with Crippen LogP contribution in [0.4, 0.5) is 0 Å². The molecule has 0 radical (unpaired) electrons. The number of benzene rings is 1. The Morgan fingerprint density at radius 3 is 2.38 bits per heavy atom. The molecule has 12 nitrogen and oxygen atoms in total. The van der Waals surface area contributed by atoms with Crippen LogP contribution in [0.15, 0.2) is 30.5 Å². The molecule has 12 heteroatoms. The van der Waals surface area contributed by atoms with Crippen LogP contribution in [0.1, 0.15) is 32.8 Å². The number of aldehydes is 1. The van der Waals surface area contributed by atoms with Crippen LogP contribution in [-0.4, -0.2) is 77.3 Å². The number of hydrogen-bond donors (Lipinski definition) is 7. The van der Waals surface area contributed by atoms with Gasteiger partial charge in [0.15, 0.2) is 0 Å². The van der Waals surface area contributed by atoms with Gasteiger partial charge in [0, 0.05) is 23.5 Å². The molecule has 1 heterocycles. The number of para-hydroxylation sites is 1. The number of H-pyrrole nitrogens is 1. The van der Waals surface area contributed by atoms with E-state index in [4.69, 9.17) is 5.73 Å². The third-order valence-corrected chi connectivity index (χ3v) is 6.15. The van der Waals surface area contributed by atoms with Gasteiger partial charge >= 0.3 is 0 Å². The number of nitrogens with two attached hydrogens (primary N) is 1. The van der Waals surface area contributed by atoms with Crippen LogP contribution in [0.2, 0.25) is 0 Å². The number of aliphatic hydroxyl groups is 1. The summed E-state index contributed by atoms with van der Waals surface area (Å²) in [5, 5.41) is 20.8. The van der Waals surface area contributed by atoms with Gasteiger partial charge in [-0.25, -0.2) is 0 Å². The van der Waals surface area contributed by atoms with E-state index < -0.39 is 47.9 Å². The van der Waals surface area contributed by atoms with E-state index in [0.717, 1.165) is 16.5 Å². The van der Waals surface area contributed by atoms with Crippen molar-refractivity contribution in [3.05, 3.63) is 36.0 Å². The van der Waals surface area contributed by atoms with Crippen molar-refractivity contribution in [3.63, 3.8) is 0 Å². The second kappa shape index (κ2) is 14.1. The van der Waals surface area contributed by atoms with Gasteiger partial charge in [-0.05, 0) is 24.5 Å². The summed E-state index contributed by atoms with van der Waals surface area (Å²) in [4.78, 5) is 64.7. The molecule has 0 aliphatic heterocycles. The Labute approximate surface area is 215 Å². The number of rotatable bonds is 14. The highest BCUT2D eigenvalue weighted by atomic mass is 16.3. The van der Waals surface area contributed by atoms with E-state index in [2.05, 4.69) is 26.3 Å². The number of aliphatic hydroxyl groups excluding tert-OH is 1. The number of nitrogens with one attached hydrogen (secondary N) is 5. The molecular formula is C25H36N6O6. The number of amides is 4. The molecule has 1 aromatic carbocycles. The minimum absolute atomic E-state index is 0.0840. The topological polar surface area (TPSA) is 196 Å². The molecule has 0 spiro atoms. The first kappa shape index (κ1) is 29.5. The lowest BCUT2D eigenvalue weighted by Gasteiger charge is -2.27. The SMILES string of the molecule is CC[C@H](C)[C@H](NC(=O)CNC(=O)CN)C(=O)N[C@@H](Cc1c[nH]c2ccccc12)C(=O)N[C@H](C=O)[C@@H](C)O. The van der Waals surface area contributed by atoms with Crippen LogP contribution in [-0.2, 0) is 30.4 Å². The fourth-order valence-electron chi connectivity index (χ4n) is 3.70. The zero-order valence-corrected chi connectivity index (χ0v) is 21.2. The standard InChI is InChI=1S/C25H36N6O6/c1-4-14(2)23(31-22(35)12-28-21(34)10-26)25(37)29-19(24(36)30-20(13-32)15(3)33)9-16-11-27-18-8-6-5-7-17(16)18/h5-8,11,13-15,19-20,23,27,33H,4,9-10,12,26H2,1-3H3,(H,28,34)(H,29,37)(H,30,36)(H,31,35)/t14-,15+,19-,20+,23-/m0/s1. The summed E-state index contributed by atoms with van der Waals surface area (Å²) in [6, 6.07) is 4.19. The fourth-order valence-corrected chi connectivity index (χ4v) is 3.70. The predicted molar refractivity (Wildman–Crippen MR) is 137 cm³/mol. The minimum atomic E-state index is -1.16. The Kier molecular flexibility index (Phi) is 11.2. The zero-order valence-electron chi connectivity index (χ0n) is 21.2. The van der Waals surface area contributed by atoms with Gasteiger partial charge in [-0.1, -0.05) is 38.5 Å². The van der Waals surface area contributed by atoms with Crippen LogP contribution in [0.25, 0.3) is 10.9 Å². The Morgan fingerprint density at radius 2 is 1.76 bits per heavy atom. The van der Waals surface area contributed by atoms with E-state index in [1.807, 2.05) is 31.2 Å². The smallest absolute Gasteiger partial charge is 0.243 e. The van der Waals surface area contributed by atoms with Gasteiger partial charge in [-0.2, -0.15) is 0 Å². The number of fused-ring (bicyclic) bond motifs is 1. The number of aromatic nitrogens is 1. The van der Waals surface area contributed by atoms with Crippen LogP contribution < -0.4 is 27.0 Å². The molecule has 202 valence electrons. The third kappa shape index (κ3) is 8.40. The Hall–Kier alpha value is -3.77. The van der Waals surface area contributed by atoms with Crippen molar-refractivity contribution in [3.8, 4) is 0 Å². The normalized spacial score (nSPS) is 15.1. The van der Waals surface area contributed by atoms with Crippen molar-refractivity contribution >= 4 is 40.8 Å². The lowest BCUT2D eigenvalue weighted by molar-refractivity contribution is -0.134. The maximum Gasteiger partial charge on any atom is 0.243 e. The Bertz CT molecular complexity index is 1100. The molecule has 1 aromatic heterocycles. The first-order valence-corrected chi connectivity index (χ1v) is 12.2. The number of carbonyl (C=O) groups is 5. The second-order valence-electron chi connectivity index (χ2n) is 8.95. The molecule has 0 bridgehead atoms. The lowest BCUT2D eigenvalue weighted by Crippen LogP contribution is -2.58. The summed E-state index contributed by atoms with van der Waals surface area (Å²) in [5.74, 6) is -2.67. The summed E-state index contributed by atoms with van der Waals surface area (Å²) in [7, 11) is 0. The monoisotopic (exact) mass is 516 g/mol. The second-order valence-corrected chi connectivity index (χ2v) is 8.95. The highest BCUT2D eigenvalue weighted by Crippen LogP contribution is 2.19. The van der Waals surface area contributed by atoms with Gasteiger partial charge in [0.25, 0.3) is 0 Å². The van der Waals surface area contributed by atoms with Crippen LogP contribution in [0, 0.1) is 5.92 Å². The van der Waals surface area contributed by atoms with E-state index >= 15 is 0 Å². The molecule has 2 aromatic rings. The molecule has 0 aliphatic rings. The van der Waals surface area contributed by atoms with E-state index in [9.17, 15) is 29.1 Å². The molecule has 0 aliphatic carbocycles. The highest BCUT2D eigenvalue weighted by molar-refractivity contribution is 5.94. The number of hydrogen-bond acceptors (Lipinski definition) is 7. The Balaban J connectivity index is 2.27. The van der Waals surface area contributed by atoms with Crippen molar-refractivity contribution < 1.29 is 29.1 Å². The average molecular weight is 517 g/mol. The first-order valence-electron chi connectivity index (χ1n) is 12.2. The summed E-state index contributed by atoms with van der Waals surface area (Å²) in [5.41, 5.74) is 6.83. The average Bonchev–Trinajstić information content (AvgIpc) is 3.30. The van der Waals surface area contributed by atoms with Gasteiger partial charge in [0.2, 0.25) is 23.6 Å². The number of carbonyl (C=O) groups excluding carboxylic acids is 5.